The average Bonchev–Trinajstić information content (AvgIpc) is 3.06. The van der Waals surface area contributed by atoms with Crippen LogP contribution in [0.15, 0.2) is 24.3 Å². The Labute approximate surface area is 290 Å². The Hall–Kier alpha value is -2.11. The van der Waals surface area contributed by atoms with Gasteiger partial charge in [-0.3, -0.25) is 14.4 Å². The van der Waals surface area contributed by atoms with Crippen LogP contribution in [0.3, 0.4) is 0 Å². The van der Waals surface area contributed by atoms with Gasteiger partial charge < -0.3 is 14.2 Å². The minimum atomic E-state index is -0.769. The summed E-state index contributed by atoms with van der Waals surface area (Å²) >= 11 is 0. The van der Waals surface area contributed by atoms with Crippen molar-refractivity contribution in [3.63, 3.8) is 0 Å². The van der Waals surface area contributed by atoms with Gasteiger partial charge in [0.2, 0.25) is 0 Å². The number of ether oxygens (including phenoxy) is 3. The lowest BCUT2D eigenvalue weighted by atomic mass is 10.1. The highest BCUT2D eigenvalue weighted by atomic mass is 16.6. The molecular weight excluding hydrogens is 588 g/mol. The van der Waals surface area contributed by atoms with E-state index in [0.29, 0.717) is 19.3 Å². The van der Waals surface area contributed by atoms with Crippen molar-refractivity contribution < 1.29 is 28.6 Å². The van der Waals surface area contributed by atoms with E-state index in [1.807, 2.05) is 0 Å². The van der Waals surface area contributed by atoms with Crippen molar-refractivity contribution in [2.24, 2.45) is 0 Å². The minimum absolute atomic E-state index is 0.0776. The van der Waals surface area contributed by atoms with Gasteiger partial charge in [0, 0.05) is 19.3 Å². The van der Waals surface area contributed by atoms with Crippen molar-refractivity contribution in [2.75, 3.05) is 13.2 Å². The lowest BCUT2D eigenvalue weighted by Gasteiger charge is -2.18. The Balaban J connectivity index is 4.30. The van der Waals surface area contributed by atoms with Crippen LogP contribution in [0.4, 0.5) is 0 Å². The number of hydrogen-bond acceptors (Lipinski definition) is 6. The maximum absolute atomic E-state index is 12.6. The summed E-state index contributed by atoms with van der Waals surface area (Å²) < 4.78 is 16.5. The molecule has 0 rings (SSSR count). The molecule has 0 amide bonds. The summed E-state index contributed by atoms with van der Waals surface area (Å²) in [6.07, 6.45) is 37.6. The zero-order chi connectivity index (χ0) is 34.5. The van der Waals surface area contributed by atoms with E-state index in [4.69, 9.17) is 14.2 Å². The fourth-order valence-corrected chi connectivity index (χ4v) is 5.36. The van der Waals surface area contributed by atoms with Gasteiger partial charge >= 0.3 is 17.9 Å². The van der Waals surface area contributed by atoms with Crippen molar-refractivity contribution >= 4 is 17.9 Å². The molecule has 0 aliphatic carbocycles. The predicted molar refractivity (Wildman–Crippen MR) is 196 cm³/mol. The number of carbonyl (C=O) groups is 3. The van der Waals surface area contributed by atoms with Crippen LogP contribution in [0.5, 0.6) is 0 Å². The molecule has 1 unspecified atom stereocenters. The topological polar surface area (TPSA) is 78.9 Å². The molecule has 274 valence electrons. The first-order chi connectivity index (χ1) is 23.0. The second-order valence-corrected chi connectivity index (χ2v) is 13.2. The Morgan fingerprint density at radius 2 is 0.723 bits per heavy atom. The summed E-state index contributed by atoms with van der Waals surface area (Å²) in [4.78, 5) is 37.2. The van der Waals surface area contributed by atoms with Gasteiger partial charge in [-0.2, -0.15) is 0 Å². The molecule has 47 heavy (non-hydrogen) atoms. The van der Waals surface area contributed by atoms with Gasteiger partial charge in [-0.05, 0) is 64.2 Å². The van der Waals surface area contributed by atoms with Gasteiger partial charge in [-0.1, -0.05) is 141 Å². The van der Waals surface area contributed by atoms with Crippen LogP contribution in [0.25, 0.3) is 0 Å². The molecule has 6 nitrogen and oxygen atoms in total. The Kier molecular flexibility index (Phi) is 35.1. The lowest BCUT2D eigenvalue weighted by molar-refractivity contribution is -0.167. The highest BCUT2D eigenvalue weighted by Crippen LogP contribution is 2.12. The Bertz CT molecular complexity index is 774. The molecule has 0 aliphatic rings. The van der Waals surface area contributed by atoms with E-state index in [-0.39, 0.29) is 31.1 Å². The fourth-order valence-electron chi connectivity index (χ4n) is 5.36. The summed E-state index contributed by atoms with van der Waals surface area (Å²) in [6.45, 7) is 6.46. The zero-order valence-electron chi connectivity index (χ0n) is 31.0. The largest absolute Gasteiger partial charge is 0.462 e. The first-order valence-corrected chi connectivity index (χ1v) is 19.8. The van der Waals surface area contributed by atoms with Crippen LogP contribution in [0.1, 0.15) is 201 Å². The quantitative estimate of drug-likeness (QED) is 0.0291. The number of hydrogen-bond donors (Lipinski definition) is 0. The van der Waals surface area contributed by atoms with Crippen molar-refractivity contribution in [1.82, 2.24) is 0 Å². The van der Waals surface area contributed by atoms with Crippen LogP contribution in [-0.4, -0.2) is 37.2 Å². The van der Waals surface area contributed by atoms with Gasteiger partial charge in [-0.25, -0.2) is 0 Å². The highest BCUT2D eigenvalue weighted by Gasteiger charge is 2.19. The molecule has 6 heteroatoms. The van der Waals surface area contributed by atoms with Crippen molar-refractivity contribution in [2.45, 2.75) is 207 Å². The molecule has 0 fully saturated rings. The summed E-state index contributed by atoms with van der Waals surface area (Å²) in [5.74, 6) is -0.914. The maximum Gasteiger partial charge on any atom is 0.306 e. The fraction of sp³-hybridized carbons (Fsp3) is 0.829. The number of allylic oxidation sites excluding steroid dienone is 4. The highest BCUT2D eigenvalue weighted by molar-refractivity contribution is 5.71. The van der Waals surface area contributed by atoms with Gasteiger partial charge in [0.25, 0.3) is 0 Å². The van der Waals surface area contributed by atoms with Crippen molar-refractivity contribution in [3.05, 3.63) is 24.3 Å². The van der Waals surface area contributed by atoms with Gasteiger partial charge in [0.15, 0.2) is 6.10 Å². The maximum atomic E-state index is 12.6. The number of carbonyl (C=O) groups excluding carboxylic acids is 3. The molecule has 0 aromatic heterocycles. The van der Waals surface area contributed by atoms with Gasteiger partial charge in [-0.15, -0.1) is 0 Å². The van der Waals surface area contributed by atoms with E-state index < -0.39 is 6.10 Å². The average molecular weight is 663 g/mol. The second-order valence-electron chi connectivity index (χ2n) is 13.2. The normalized spacial score (nSPS) is 12.1. The summed E-state index contributed by atoms with van der Waals surface area (Å²) in [5.41, 5.74) is 0. The third-order valence-corrected chi connectivity index (χ3v) is 8.43. The molecule has 0 aliphatic heterocycles. The summed E-state index contributed by atoms with van der Waals surface area (Å²) in [5, 5.41) is 0. The van der Waals surface area contributed by atoms with Crippen LogP contribution >= 0.6 is 0 Å². The molecule has 0 aromatic rings. The molecule has 0 N–H and O–H groups in total. The van der Waals surface area contributed by atoms with Crippen LogP contribution in [0, 0.1) is 0 Å². The van der Waals surface area contributed by atoms with Crippen LogP contribution in [0.2, 0.25) is 0 Å². The number of unbranched alkanes of at least 4 members (excludes halogenated alkanes) is 20. The Morgan fingerprint density at radius 3 is 1.15 bits per heavy atom. The molecular formula is C41H74O6. The number of esters is 3. The molecule has 0 heterocycles. The van der Waals surface area contributed by atoms with Crippen molar-refractivity contribution in [3.8, 4) is 0 Å². The van der Waals surface area contributed by atoms with E-state index >= 15 is 0 Å². The van der Waals surface area contributed by atoms with Gasteiger partial charge in [0.05, 0.1) is 0 Å². The predicted octanol–water partition coefficient (Wildman–Crippen LogP) is 12.1. The molecule has 0 saturated carbocycles. The molecule has 0 bridgehead atoms. The third kappa shape index (κ3) is 35.0. The summed E-state index contributed by atoms with van der Waals surface area (Å²) in [6, 6.07) is 0. The molecule has 0 saturated heterocycles. The Morgan fingerprint density at radius 1 is 0.404 bits per heavy atom. The van der Waals surface area contributed by atoms with Gasteiger partial charge in [0.1, 0.15) is 13.2 Å². The van der Waals surface area contributed by atoms with E-state index in [9.17, 15) is 14.4 Å². The zero-order valence-corrected chi connectivity index (χ0v) is 31.0. The SMILES string of the molecule is CCCC/C=C\CCCCCCCC(=O)OC(COC(=O)CCCCCCC)COC(=O)CCCCCCC/C=C\CCCCCC. The summed E-state index contributed by atoms with van der Waals surface area (Å²) in [7, 11) is 0. The van der Waals surface area contributed by atoms with E-state index in [1.54, 1.807) is 0 Å². The van der Waals surface area contributed by atoms with Crippen LogP contribution < -0.4 is 0 Å². The standard InChI is InChI=1S/C41H74O6/c1-4-7-10-13-15-17-19-20-22-23-25-28-31-34-40(43)46-37-38(36-45-39(42)33-30-27-12-9-6-3)47-41(44)35-32-29-26-24-21-18-16-14-11-8-5-2/h14,16-17,19,38H,4-13,15,18,20-37H2,1-3H3/b16-14-,19-17-. The first-order valence-electron chi connectivity index (χ1n) is 19.8. The second kappa shape index (κ2) is 36.7. The van der Waals surface area contributed by atoms with Crippen molar-refractivity contribution in [1.29, 1.82) is 0 Å². The van der Waals surface area contributed by atoms with E-state index in [1.165, 1.54) is 77.0 Å². The minimum Gasteiger partial charge on any atom is -0.462 e. The van der Waals surface area contributed by atoms with Crippen LogP contribution in [-0.2, 0) is 28.6 Å². The monoisotopic (exact) mass is 663 g/mol. The smallest absolute Gasteiger partial charge is 0.306 e. The number of rotatable bonds is 35. The lowest BCUT2D eigenvalue weighted by Crippen LogP contribution is -2.30. The first kappa shape index (κ1) is 44.9. The molecule has 0 radical (unpaired) electrons. The molecule has 0 spiro atoms. The third-order valence-electron chi connectivity index (χ3n) is 8.43. The van der Waals surface area contributed by atoms with E-state index in [2.05, 4.69) is 45.1 Å². The van der Waals surface area contributed by atoms with E-state index in [0.717, 1.165) is 83.5 Å². The molecule has 0 aromatic carbocycles. The molecule has 1 atom stereocenters.